The maximum atomic E-state index is 14.3. The van der Waals surface area contributed by atoms with Gasteiger partial charge in [0.25, 0.3) is 5.91 Å². The smallest absolute Gasteiger partial charge is 0.261 e. The van der Waals surface area contributed by atoms with Crippen LogP contribution >= 0.6 is 0 Å². The van der Waals surface area contributed by atoms with Gasteiger partial charge in [-0.15, -0.1) is 10.2 Å². The van der Waals surface area contributed by atoms with Crippen LogP contribution in [-0.2, 0) is 6.42 Å². The first-order valence-corrected chi connectivity index (χ1v) is 10.9. The zero-order chi connectivity index (χ0) is 25.3. The Hall–Kier alpha value is -3.95. The number of benzene rings is 3. The van der Waals surface area contributed by atoms with E-state index in [1.165, 1.54) is 16.4 Å². The molecular formula is C25H22F4N4O2. The van der Waals surface area contributed by atoms with E-state index in [0.717, 1.165) is 32.1 Å². The topological polar surface area (TPSA) is 69.0 Å². The van der Waals surface area contributed by atoms with Crippen LogP contribution < -0.4 is 10.1 Å². The highest BCUT2D eigenvalue weighted by Crippen LogP contribution is 2.31. The van der Waals surface area contributed by atoms with Crippen molar-refractivity contribution < 1.29 is 27.1 Å². The summed E-state index contributed by atoms with van der Waals surface area (Å²) in [7, 11) is 0.854. The minimum Gasteiger partial charge on any atom is -0.491 e. The minimum atomic E-state index is -1.86. The first-order chi connectivity index (χ1) is 16.7. The summed E-state index contributed by atoms with van der Waals surface area (Å²) in [6, 6.07) is 10.9. The van der Waals surface area contributed by atoms with Gasteiger partial charge in [0.1, 0.15) is 16.6 Å². The fourth-order valence-electron chi connectivity index (χ4n) is 3.67. The summed E-state index contributed by atoms with van der Waals surface area (Å²) in [5.41, 5.74) is 2.12. The molecule has 1 aromatic heterocycles. The van der Waals surface area contributed by atoms with E-state index in [4.69, 9.17) is 0 Å². The molecule has 0 radical (unpaired) electrons. The second kappa shape index (κ2) is 9.73. The molecule has 35 heavy (non-hydrogen) atoms. The van der Waals surface area contributed by atoms with E-state index in [0.29, 0.717) is 16.6 Å². The van der Waals surface area contributed by atoms with Gasteiger partial charge in [-0.1, -0.05) is 25.5 Å². The number of carbonyl (C=O) groups excluding carboxylic acids is 1. The van der Waals surface area contributed by atoms with E-state index in [9.17, 15) is 22.4 Å². The number of methoxy groups -OCH3 is 1. The van der Waals surface area contributed by atoms with Gasteiger partial charge < -0.3 is 10.1 Å². The molecule has 1 amide bonds. The molecule has 4 aromatic rings. The summed E-state index contributed by atoms with van der Waals surface area (Å²) < 4.78 is 61.1. The average Bonchev–Trinajstić information content (AvgIpc) is 3.25. The van der Waals surface area contributed by atoms with Gasteiger partial charge in [0.2, 0.25) is 11.6 Å². The quantitative estimate of drug-likeness (QED) is 0.261. The fraction of sp³-hybridized carbons (Fsp3) is 0.240. The van der Waals surface area contributed by atoms with Crippen LogP contribution in [0, 0.1) is 30.2 Å². The lowest BCUT2D eigenvalue weighted by Gasteiger charge is -2.12. The molecule has 0 bridgehead atoms. The van der Waals surface area contributed by atoms with E-state index in [-0.39, 0.29) is 5.69 Å². The van der Waals surface area contributed by atoms with Gasteiger partial charge in [-0.2, -0.15) is 13.6 Å². The maximum Gasteiger partial charge on any atom is 0.261 e. The molecule has 6 nitrogen and oxygen atoms in total. The lowest BCUT2D eigenvalue weighted by molar-refractivity contribution is 0.101. The van der Waals surface area contributed by atoms with E-state index in [2.05, 4.69) is 27.2 Å². The number of nitrogens with zero attached hydrogens (tertiary/aromatic N) is 3. The minimum absolute atomic E-state index is 0.153. The zero-order valence-electron chi connectivity index (χ0n) is 19.3. The van der Waals surface area contributed by atoms with Crippen molar-refractivity contribution >= 4 is 22.6 Å². The molecule has 182 valence electrons. The summed E-state index contributed by atoms with van der Waals surface area (Å²) >= 11 is 0. The standard InChI is InChI=1S/C25H22F4N4O2/c1-4-5-6-14-7-9-15(10-8-14)33-31-17-11-13(2)16(12-18(17)32-33)30-25(34)19-20(26)22(28)24(35-3)23(29)21(19)27/h7-12H,4-6H2,1-3H3,(H,30,34). The lowest BCUT2D eigenvalue weighted by Crippen LogP contribution is -2.19. The second-order valence-electron chi connectivity index (χ2n) is 8.03. The molecular weight excluding hydrogens is 464 g/mol. The van der Waals surface area contributed by atoms with Crippen molar-refractivity contribution in [2.75, 3.05) is 12.4 Å². The number of unbranched alkanes of at least 4 members (excludes halogenated alkanes) is 1. The molecule has 0 aliphatic carbocycles. The Labute approximate surface area is 198 Å². The van der Waals surface area contributed by atoms with Crippen LogP contribution in [0.5, 0.6) is 5.75 Å². The van der Waals surface area contributed by atoms with Crippen molar-refractivity contribution in [1.82, 2.24) is 15.0 Å². The van der Waals surface area contributed by atoms with Gasteiger partial charge in [0.05, 0.1) is 12.8 Å². The number of halogens is 4. The maximum absolute atomic E-state index is 14.3. The van der Waals surface area contributed by atoms with E-state index < -0.39 is 40.5 Å². The first kappa shape index (κ1) is 24.2. The third-order valence-electron chi connectivity index (χ3n) is 5.62. The van der Waals surface area contributed by atoms with E-state index in [1.54, 1.807) is 13.0 Å². The SMILES string of the molecule is CCCCc1ccc(-n2nc3cc(C)c(NC(=O)c4c(F)c(F)c(OC)c(F)c4F)cc3n2)cc1. The second-order valence-corrected chi connectivity index (χ2v) is 8.03. The highest BCUT2D eigenvalue weighted by atomic mass is 19.2. The normalized spacial score (nSPS) is 11.2. The molecule has 0 atom stereocenters. The Morgan fingerprint density at radius 1 is 0.971 bits per heavy atom. The Bertz CT molecular complexity index is 1390. The van der Waals surface area contributed by atoms with Crippen molar-refractivity contribution in [2.45, 2.75) is 33.1 Å². The summed E-state index contributed by atoms with van der Waals surface area (Å²) in [5, 5.41) is 11.2. The summed E-state index contributed by atoms with van der Waals surface area (Å²) in [6.45, 7) is 3.77. The summed E-state index contributed by atoms with van der Waals surface area (Å²) in [5.74, 6) is -9.92. The van der Waals surface area contributed by atoms with Crippen LogP contribution in [0.2, 0.25) is 0 Å². The molecule has 3 aromatic carbocycles. The third kappa shape index (κ3) is 4.55. The van der Waals surface area contributed by atoms with Crippen molar-refractivity contribution in [3.8, 4) is 11.4 Å². The molecule has 4 rings (SSSR count). The van der Waals surface area contributed by atoms with Crippen molar-refractivity contribution in [2.24, 2.45) is 0 Å². The number of carbonyl (C=O) groups is 1. The Morgan fingerprint density at radius 3 is 2.14 bits per heavy atom. The molecule has 10 heteroatoms. The Morgan fingerprint density at radius 2 is 1.57 bits per heavy atom. The summed E-state index contributed by atoms with van der Waals surface area (Å²) in [4.78, 5) is 14.0. The van der Waals surface area contributed by atoms with Crippen LogP contribution in [-0.4, -0.2) is 28.0 Å². The number of anilines is 1. The first-order valence-electron chi connectivity index (χ1n) is 10.9. The van der Waals surface area contributed by atoms with Gasteiger partial charge in [0.15, 0.2) is 17.4 Å². The van der Waals surface area contributed by atoms with Crippen molar-refractivity contribution in [3.05, 3.63) is 76.4 Å². The number of nitrogens with one attached hydrogen (secondary N) is 1. The molecule has 0 unspecified atom stereocenters. The number of rotatable bonds is 7. The number of aromatic nitrogens is 3. The molecule has 0 saturated carbocycles. The highest BCUT2D eigenvalue weighted by molar-refractivity contribution is 6.06. The average molecular weight is 486 g/mol. The van der Waals surface area contributed by atoms with Gasteiger partial charge in [0, 0.05) is 5.69 Å². The Kier molecular flexibility index (Phi) is 6.72. The van der Waals surface area contributed by atoms with Gasteiger partial charge >= 0.3 is 0 Å². The highest BCUT2D eigenvalue weighted by Gasteiger charge is 2.30. The number of amides is 1. The lowest BCUT2D eigenvalue weighted by atomic mass is 10.1. The summed E-state index contributed by atoms with van der Waals surface area (Å²) in [6.07, 6.45) is 3.19. The van der Waals surface area contributed by atoms with Crippen LogP contribution in [0.3, 0.4) is 0 Å². The van der Waals surface area contributed by atoms with E-state index >= 15 is 0 Å². The molecule has 0 saturated heterocycles. The molecule has 0 spiro atoms. The van der Waals surface area contributed by atoms with E-state index in [1.807, 2.05) is 24.3 Å². The van der Waals surface area contributed by atoms with Gasteiger partial charge in [-0.05, 0) is 55.2 Å². The number of ether oxygens (including phenoxy) is 1. The number of hydrogen-bond donors (Lipinski definition) is 1. The van der Waals surface area contributed by atoms with Gasteiger partial charge in [-0.25, -0.2) is 8.78 Å². The zero-order valence-corrected chi connectivity index (χ0v) is 19.3. The molecule has 0 aliphatic heterocycles. The van der Waals surface area contributed by atoms with Gasteiger partial charge in [-0.3, -0.25) is 4.79 Å². The van der Waals surface area contributed by atoms with Crippen LogP contribution in [0.1, 0.15) is 41.3 Å². The predicted octanol–water partition coefficient (Wildman–Crippen LogP) is 5.89. The van der Waals surface area contributed by atoms with Crippen LogP contribution in [0.25, 0.3) is 16.7 Å². The Balaban J connectivity index is 1.64. The molecule has 1 N–H and O–H groups in total. The fourth-order valence-corrected chi connectivity index (χ4v) is 3.67. The third-order valence-corrected chi connectivity index (χ3v) is 5.62. The van der Waals surface area contributed by atoms with Crippen LogP contribution in [0.4, 0.5) is 23.2 Å². The van der Waals surface area contributed by atoms with Crippen molar-refractivity contribution in [3.63, 3.8) is 0 Å². The number of fused-ring (bicyclic) bond motifs is 1. The van der Waals surface area contributed by atoms with Crippen LogP contribution in [0.15, 0.2) is 36.4 Å². The molecule has 0 fully saturated rings. The monoisotopic (exact) mass is 486 g/mol. The number of aryl methyl sites for hydroxylation is 2. The number of hydrogen-bond acceptors (Lipinski definition) is 4. The largest absolute Gasteiger partial charge is 0.491 e. The molecule has 0 aliphatic rings. The van der Waals surface area contributed by atoms with Crippen molar-refractivity contribution in [1.29, 1.82) is 0 Å². The predicted molar refractivity (Wildman–Crippen MR) is 123 cm³/mol. The molecule has 1 heterocycles.